The molecule has 1 N–H and O–H groups in total. The Labute approximate surface area is 150 Å². The molecule has 0 fully saturated rings. The minimum Gasteiger partial charge on any atom is -0.493 e. The average Bonchev–Trinajstić information content (AvgIpc) is 2.69. The van der Waals surface area contributed by atoms with Crippen LogP contribution in [0, 0.1) is 6.92 Å². The Morgan fingerprint density at radius 1 is 0.962 bits per heavy atom. The highest BCUT2D eigenvalue weighted by Crippen LogP contribution is 2.37. The van der Waals surface area contributed by atoms with Gasteiger partial charge >= 0.3 is 0 Å². The van der Waals surface area contributed by atoms with E-state index in [-0.39, 0.29) is 19.1 Å². The Morgan fingerprint density at radius 2 is 1.69 bits per heavy atom. The molecule has 0 unspecified atom stereocenters. The number of aliphatic hydroxyl groups excluding tert-OH is 1. The number of aryl methyl sites for hydroxylation is 1. The molecule has 0 radical (unpaired) electrons. The highest BCUT2D eigenvalue weighted by atomic mass is 16.5. The first-order chi connectivity index (χ1) is 12.7. The predicted octanol–water partition coefficient (Wildman–Crippen LogP) is 2.41. The normalized spacial score (nSPS) is 10.4. The summed E-state index contributed by atoms with van der Waals surface area (Å²) in [6, 6.07) is 8.93. The molecule has 8 nitrogen and oxygen atoms in total. The fraction of sp³-hybridized carbons (Fsp3) is 0.222. The van der Waals surface area contributed by atoms with E-state index >= 15 is 0 Å². The van der Waals surface area contributed by atoms with Gasteiger partial charge in [0, 0.05) is 12.4 Å². The number of aromatic nitrogens is 4. The van der Waals surface area contributed by atoms with Crippen LogP contribution in [-0.2, 0) is 0 Å². The van der Waals surface area contributed by atoms with Crippen LogP contribution in [0.1, 0.15) is 5.69 Å². The number of aliphatic hydroxyl groups is 1. The van der Waals surface area contributed by atoms with Gasteiger partial charge < -0.3 is 19.3 Å². The smallest absolute Gasteiger partial charge is 0.261 e. The lowest BCUT2D eigenvalue weighted by atomic mass is 10.3. The fourth-order valence-corrected chi connectivity index (χ4v) is 2.22. The molecule has 2 aromatic heterocycles. The Kier molecular flexibility index (Phi) is 5.55. The van der Waals surface area contributed by atoms with Gasteiger partial charge in [-0.05, 0) is 25.1 Å². The molecule has 26 heavy (non-hydrogen) atoms. The van der Waals surface area contributed by atoms with Crippen molar-refractivity contribution in [3.63, 3.8) is 0 Å². The molecule has 0 saturated heterocycles. The van der Waals surface area contributed by atoms with Crippen LogP contribution in [0.25, 0.3) is 11.6 Å². The Balaban J connectivity index is 2.03. The van der Waals surface area contributed by atoms with Gasteiger partial charge in [-0.25, -0.2) is 15.0 Å². The zero-order chi connectivity index (χ0) is 18.4. The molecule has 0 saturated carbocycles. The summed E-state index contributed by atoms with van der Waals surface area (Å²) < 4.78 is 16.8. The molecule has 1 aromatic carbocycles. The molecule has 0 spiro atoms. The topological polar surface area (TPSA) is 99.5 Å². The molecule has 0 aliphatic rings. The third-order valence-electron chi connectivity index (χ3n) is 3.38. The highest BCUT2D eigenvalue weighted by Gasteiger charge is 2.19. The number of hydrogen-bond acceptors (Lipinski definition) is 8. The molecule has 3 aromatic rings. The number of hydrogen-bond donors (Lipinski definition) is 1. The first-order valence-electron chi connectivity index (χ1n) is 7.93. The summed E-state index contributed by atoms with van der Waals surface area (Å²) in [6.07, 6.45) is 3.21. The van der Waals surface area contributed by atoms with E-state index < -0.39 is 0 Å². The number of para-hydroxylation sites is 2. The van der Waals surface area contributed by atoms with Crippen LogP contribution >= 0.6 is 0 Å². The zero-order valence-corrected chi connectivity index (χ0v) is 14.4. The Hall–Kier alpha value is -3.26. The van der Waals surface area contributed by atoms with E-state index in [4.69, 9.17) is 19.3 Å². The monoisotopic (exact) mass is 354 g/mol. The molecular weight excluding hydrogens is 336 g/mol. The van der Waals surface area contributed by atoms with Crippen molar-refractivity contribution in [3.8, 4) is 34.8 Å². The lowest BCUT2D eigenvalue weighted by Crippen LogP contribution is -2.08. The van der Waals surface area contributed by atoms with Crippen molar-refractivity contribution >= 4 is 0 Å². The van der Waals surface area contributed by atoms with Crippen LogP contribution < -0.4 is 14.2 Å². The second-order valence-corrected chi connectivity index (χ2v) is 5.16. The zero-order valence-electron chi connectivity index (χ0n) is 14.4. The summed E-state index contributed by atoms with van der Waals surface area (Å²) in [5.41, 5.74) is 0.543. The van der Waals surface area contributed by atoms with Crippen molar-refractivity contribution in [3.05, 3.63) is 48.4 Å². The second kappa shape index (κ2) is 8.21. The number of rotatable bonds is 7. The van der Waals surface area contributed by atoms with Crippen molar-refractivity contribution in [1.29, 1.82) is 0 Å². The van der Waals surface area contributed by atoms with Crippen LogP contribution in [0.4, 0.5) is 0 Å². The van der Waals surface area contributed by atoms with Gasteiger partial charge in [-0.15, -0.1) is 0 Å². The van der Waals surface area contributed by atoms with Crippen molar-refractivity contribution in [2.75, 3.05) is 20.3 Å². The quantitative estimate of drug-likeness (QED) is 0.690. The van der Waals surface area contributed by atoms with Gasteiger partial charge in [-0.1, -0.05) is 12.1 Å². The van der Waals surface area contributed by atoms with E-state index in [1.165, 1.54) is 0 Å². The molecule has 0 atom stereocenters. The van der Waals surface area contributed by atoms with Crippen molar-refractivity contribution in [2.45, 2.75) is 6.92 Å². The molecule has 0 aliphatic carbocycles. The lowest BCUT2D eigenvalue weighted by Gasteiger charge is -2.15. The third-order valence-corrected chi connectivity index (χ3v) is 3.38. The predicted molar refractivity (Wildman–Crippen MR) is 93.4 cm³/mol. The first kappa shape index (κ1) is 17.6. The van der Waals surface area contributed by atoms with E-state index in [2.05, 4.69) is 19.9 Å². The number of methoxy groups -OCH3 is 1. The number of nitrogens with zero attached hydrogens (tertiary/aromatic N) is 4. The number of benzene rings is 1. The van der Waals surface area contributed by atoms with Crippen molar-refractivity contribution < 1.29 is 19.3 Å². The second-order valence-electron chi connectivity index (χ2n) is 5.16. The van der Waals surface area contributed by atoms with Gasteiger partial charge in [-0.3, -0.25) is 0 Å². The third kappa shape index (κ3) is 3.86. The van der Waals surface area contributed by atoms with Crippen LogP contribution in [0.3, 0.4) is 0 Å². The van der Waals surface area contributed by atoms with E-state index in [1.807, 2.05) is 12.1 Å². The molecule has 0 amide bonds. The van der Waals surface area contributed by atoms with E-state index in [1.54, 1.807) is 44.6 Å². The maximum absolute atomic E-state index is 9.09. The fourth-order valence-electron chi connectivity index (χ4n) is 2.22. The van der Waals surface area contributed by atoms with Gasteiger partial charge in [0.25, 0.3) is 5.88 Å². The Morgan fingerprint density at radius 3 is 2.38 bits per heavy atom. The average molecular weight is 354 g/mol. The number of ether oxygens (including phenoxy) is 3. The van der Waals surface area contributed by atoms with E-state index in [0.717, 1.165) is 0 Å². The lowest BCUT2D eigenvalue weighted by molar-refractivity contribution is 0.192. The van der Waals surface area contributed by atoms with Crippen molar-refractivity contribution in [2.24, 2.45) is 0 Å². The summed E-state index contributed by atoms with van der Waals surface area (Å²) >= 11 is 0. The van der Waals surface area contributed by atoms with Crippen LogP contribution in [0.5, 0.6) is 23.1 Å². The Bertz CT molecular complexity index is 874. The largest absolute Gasteiger partial charge is 0.493 e. The van der Waals surface area contributed by atoms with Crippen LogP contribution in [0.2, 0.25) is 0 Å². The summed E-state index contributed by atoms with van der Waals surface area (Å²) in [7, 11) is 1.56. The molecule has 134 valence electrons. The van der Waals surface area contributed by atoms with Gasteiger partial charge in [-0.2, -0.15) is 4.98 Å². The van der Waals surface area contributed by atoms with E-state index in [0.29, 0.717) is 34.6 Å². The standard InChI is InChI=1S/C18H18N4O4/c1-12-15(26-14-7-4-3-6-13(14)24-2)18(25-11-10-23)22-17(21-12)16-19-8-5-9-20-16/h3-9,23H,10-11H2,1-2H3. The minimum atomic E-state index is -0.158. The molecular formula is C18H18N4O4. The highest BCUT2D eigenvalue weighted by molar-refractivity contribution is 5.52. The molecule has 0 aliphatic heterocycles. The van der Waals surface area contributed by atoms with Gasteiger partial charge in [0.15, 0.2) is 17.3 Å². The van der Waals surface area contributed by atoms with Crippen LogP contribution in [0.15, 0.2) is 42.7 Å². The minimum absolute atomic E-state index is 0.0633. The molecule has 0 bridgehead atoms. The van der Waals surface area contributed by atoms with E-state index in [9.17, 15) is 0 Å². The summed E-state index contributed by atoms with van der Waals surface area (Å²) in [5.74, 6) is 2.27. The summed E-state index contributed by atoms with van der Waals surface area (Å²) in [4.78, 5) is 17.1. The summed E-state index contributed by atoms with van der Waals surface area (Å²) in [6.45, 7) is 1.67. The SMILES string of the molecule is COc1ccccc1Oc1c(C)nc(-c2ncccn2)nc1OCCO. The van der Waals surface area contributed by atoms with Crippen LogP contribution in [-0.4, -0.2) is 45.4 Å². The maximum Gasteiger partial charge on any atom is 0.261 e. The molecule has 8 heteroatoms. The van der Waals surface area contributed by atoms with Gasteiger partial charge in [0.2, 0.25) is 11.6 Å². The first-order valence-corrected chi connectivity index (χ1v) is 7.93. The summed E-state index contributed by atoms with van der Waals surface area (Å²) in [5, 5.41) is 9.09. The van der Waals surface area contributed by atoms with Gasteiger partial charge in [0.1, 0.15) is 6.61 Å². The molecule has 3 rings (SSSR count). The van der Waals surface area contributed by atoms with Crippen molar-refractivity contribution in [1.82, 2.24) is 19.9 Å². The molecule has 2 heterocycles. The maximum atomic E-state index is 9.09. The van der Waals surface area contributed by atoms with Gasteiger partial charge in [0.05, 0.1) is 19.4 Å².